The van der Waals surface area contributed by atoms with Crippen LogP contribution in [0, 0.1) is 0 Å². The summed E-state index contributed by atoms with van der Waals surface area (Å²) < 4.78 is 0. The first-order valence-corrected chi connectivity index (χ1v) is 10.1. The zero-order chi connectivity index (χ0) is 20.9. The van der Waals surface area contributed by atoms with Gasteiger partial charge in [-0.25, -0.2) is 0 Å². The molecule has 1 atom stereocenters. The number of hydrogen-bond acceptors (Lipinski definition) is 3. The van der Waals surface area contributed by atoms with Crippen molar-refractivity contribution in [3.8, 4) is 0 Å². The number of rotatable bonds is 5. The average molecular weight is 401 g/mol. The molecule has 1 aliphatic rings. The summed E-state index contributed by atoms with van der Waals surface area (Å²) in [6, 6.07) is 19.7. The van der Waals surface area contributed by atoms with E-state index < -0.39 is 6.04 Å². The van der Waals surface area contributed by atoms with Gasteiger partial charge in [0.25, 0.3) is 11.5 Å². The van der Waals surface area contributed by atoms with Crippen LogP contribution in [0.5, 0.6) is 0 Å². The van der Waals surface area contributed by atoms with Crippen molar-refractivity contribution in [1.82, 2.24) is 10.3 Å². The second-order valence-electron chi connectivity index (χ2n) is 7.34. The monoisotopic (exact) mass is 401 g/mol. The average Bonchev–Trinajstić information content (AvgIpc) is 2.79. The van der Waals surface area contributed by atoms with Gasteiger partial charge in [0.05, 0.1) is 12.5 Å². The minimum Gasteiger partial charge on any atom is -0.345 e. The summed E-state index contributed by atoms with van der Waals surface area (Å²) in [6.07, 6.45) is 3.25. The van der Waals surface area contributed by atoms with Gasteiger partial charge in [0.15, 0.2) is 0 Å². The van der Waals surface area contributed by atoms with Crippen LogP contribution < -0.4 is 15.8 Å². The maximum Gasteiger partial charge on any atom is 0.272 e. The fourth-order valence-corrected chi connectivity index (χ4v) is 3.85. The molecule has 4 rings (SSSR count). The van der Waals surface area contributed by atoms with E-state index in [9.17, 15) is 14.4 Å². The maximum absolute atomic E-state index is 13.2. The number of H-pyrrole nitrogens is 1. The predicted octanol–water partition coefficient (Wildman–Crippen LogP) is 3.22. The number of carbonyl (C=O) groups is 2. The Morgan fingerprint density at radius 3 is 2.43 bits per heavy atom. The van der Waals surface area contributed by atoms with E-state index in [1.165, 1.54) is 0 Å². The summed E-state index contributed by atoms with van der Waals surface area (Å²) in [5, 5.41) is 2.99. The minimum atomic E-state index is -0.500. The summed E-state index contributed by atoms with van der Waals surface area (Å²) >= 11 is 0. The van der Waals surface area contributed by atoms with E-state index in [2.05, 4.69) is 10.3 Å². The number of pyridine rings is 1. The standard InChI is InChI=1S/C24H23N3O3/c28-21(27-15-7-12-18-13-14-25-24(30)22(18)27)16-20(17-8-3-1-4-9-17)26-23(29)19-10-5-2-6-11-19/h1-6,8-11,13-14,20H,7,12,15-16H2,(H,25,30)(H,26,29)/t20-/m1/s1. The van der Waals surface area contributed by atoms with E-state index in [1.807, 2.05) is 42.5 Å². The Balaban J connectivity index is 1.59. The molecule has 2 N–H and O–H groups in total. The number of hydrogen-bond donors (Lipinski definition) is 2. The van der Waals surface area contributed by atoms with Crippen LogP contribution in [0.3, 0.4) is 0 Å². The third-order valence-electron chi connectivity index (χ3n) is 5.34. The number of carbonyl (C=O) groups excluding carboxylic acids is 2. The number of benzene rings is 2. The highest BCUT2D eigenvalue weighted by atomic mass is 16.2. The highest BCUT2D eigenvalue weighted by Crippen LogP contribution is 2.26. The van der Waals surface area contributed by atoms with Gasteiger partial charge < -0.3 is 15.2 Å². The molecule has 0 unspecified atom stereocenters. The summed E-state index contributed by atoms with van der Waals surface area (Å²) in [5.74, 6) is -0.427. The molecule has 6 heteroatoms. The molecular formula is C24H23N3O3. The van der Waals surface area contributed by atoms with Gasteiger partial charge in [-0.2, -0.15) is 0 Å². The molecule has 0 aliphatic carbocycles. The van der Waals surface area contributed by atoms with Crippen molar-refractivity contribution in [2.24, 2.45) is 0 Å². The van der Waals surface area contributed by atoms with E-state index in [0.717, 1.165) is 24.0 Å². The van der Waals surface area contributed by atoms with Crippen LogP contribution in [0.4, 0.5) is 5.69 Å². The summed E-state index contributed by atoms with van der Waals surface area (Å²) in [5.41, 5.74) is 2.42. The molecule has 0 saturated carbocycles. The van der Waals surface area contributed by atoms with Gasteiger partial charge in [-0.15, -0.1) is 0 Å². The molecule has 1 aliphatic heterocycles. The Bertz CT molecular complexity index is 1090. The van der Waals surface area contributed by atoms with Crippen molar-refractivity contribution >= 4 is 17.5 Å². The van der Waals surface area contributed by atoms with Crippen LogP contribution >= 0.6 is 0 Å². The lowest BCUT2D eigenvalue weighted by Gasteiger charge is -2.30. The summed E-state index contributed by atoms with van der Waals surface area (Å²) in [7, 11) is 0. The fraction of sp³-hybridized carbons (Fsp3) is 0.208. The molecule has 2 heterocycles. The second kappa shape index (κ2) is 8.78. The largest absolute Gasteiger partial charge is 0.345 e. The third-order valence-corrected chi connectivity index (χ3v) is 5.34. The Hall–Kier alpha value is -3.67. The number of nitrogens with one attached hydrogen (secondary N) is 2. The van der Waals surface area contributed by atoms with Gasteiger partial charge >= 0.3 is 0 Å². The Kier molecular flexibility index (Phi) is 5.75. The number of amides is 2. The SMILES string of the molecule is O=C(N[C@H](CC(=O)N1CCCc2cc[nH]c(=O)c21)c1ccccc1)c1ccccc1. The Morgan fingerprint density at radius 1 is 1.00 bits per heavy atom. The van der Waals surface area contributed by atoms with Gasteiger partial charge in [0, 0.05) is 18.3 Å². The van der Waals surface area contributed by atoms with Gasteiger partial charge in [-0.05, 0) is 42.2 Å². The molecular weight excluding hydrogens is 378 g/mol. The van der Waals surface area contributed by atoms with Crippen LogP contribution in [0.15, 0.2) is 77.7 Å². The van der Waals surface area contributed by atoms with Crippen molar-refractivity contribution in [3.05, 3.63) is 100.0 Å². The molecule has 2 aromatic carbocycles. The van der Waals surface area contributed by atoms with E-state index in [0.29, 0.717) is 17.8 Å². The number of aryl methyl sites for hydroxylation is 1. The van der Waals surface area contributed by atoms with Crippen molar-refractivity contribution in [3.63, 3.8) is 0 Å². The zero-order valence-corrected chi connectivity index (χ0v) is 16.5. The molecule has 0 bridgehead atoms. The predicted molar refractivity (Wildman–Crippen MR) is 115 cm³/mol. The topological polar surface area (TPSA) is 82.3 Å². The summed E-state index contributed by atoms with van der Waals surface area (Å²) in [6.45, 7) is 0.493. The lowest BCUT2D eigenvalue weighted by molar-refractivity contribution is -0.119. The van der Waals surface area contributed by atoms with Gasteiger partial charge in [-0.3, -0.25) is 14.4 Å². The van der Waals surface area contributed by atoms with Gasteiger partial charge in [-0.1, -0.05) is 48.5 Å². The number of anilines is 1. The molecule has 2 amide bonds. The first-order valence-electron chi connectivity index (χ1n) is 10.1. The molecule has 0 radical (unpaired) electrons. The van der Waals surface area contributed by atoms with E-state index in [4.69, 9.17) is 0 Å². The van der Waals surface area contributed by atoms with Gasteiger partial charge in [0.1, 0.15) is 5.69 Å². The third kappa shape index (κ3) is 4.17. The number of nitrogens with zero attached hydrogens (tertiary/aromatic N) is 1. The fourth-order valence-electron chi connectivity index (χ4n) is 3.85. The Labute approximate surface area is 174 Å². The molecule has 0 saturated heterocycles. The van der Waals surface area contributed by atoms with Crippen molar-refractivity contribution in [2.75, 3.05) is 11.4 Å². The second-order valence-corrected chi connectivity index (χ2v) is 7.34. The van der Waals surface area contributed by atoms with E-state index >= 15 is 0 Å². The number of aromatic amines is 1. The van der Waals surface area contributed by atoms with Crippen molar-refractivity contribution < 1.29 is 9.59 Å². The molecule has 1 aromatic heterocycles. The molecule has 3 aromatic rings. The van der Waals surface area contributed by atoms with Crippen LogP contribution in [-0.2, 0) is 11.2 Å². The highest BCUT2D eigenvalue weighted by Gasteiger charge is 2.28. The Morgan fingerprint density at radius 2 is 1.70 bits per heavy atom. The maximum atomic E-state index is 13.2. The van der Waals surface area contributed by atoms with Crippen LogP contribution in [0.1, 0.15) is 40.4 Å². The van der Waals surface area contributed by atoms with Crippen LogP contribution in [-0.4, -0.2) is 23.3 Å². The normalized spacial score (nSPS) is 13.9. The molecule has 152 valence electrons. The lowest BCUT2D eigenvalue weighted by atomic mass is 9.99. The van der Waals surface area contributed by atoms with Crippen LogP contribution in [0.2, 0.25) is 0 Å². The van der Waals surface area contributed by atoms with Crippen molar-refractivity contribution in [2.45, 2.75) is 25.3 Å². The molecule has 0 fully saturated rings. The first kappa shape index (κ1) is 19.6. The number of fused-ring (bicyclic) bond motifs is 1. The molecule has 6 nitrogen and oxygen atoms in total. The molecule has 0 spiro atoms. The van der Waals surface area contributed by atoms with E-state index in [1.54, 1.807) is 35.4 Å². The van der Waals surface area contributed by atoms with E-state index in [-0.39, 0.29) is 23.8 Å². The first-order chi connectivity index (χ1) is 14.6. The quantitative estimate of drug-likeness (QED) is 0.689. The lowest BCUT2D eigenvalue weighted by Crippen LogP contribution is -2.41. The van der Waals surface area contributed by atoms with Crippen molar-refractivity contribution in [1.29, 1.82) is 0 Å². The van der Waals surface area contributed by atoms with Crippen LogP contribution in [0.25, 0.3) is 0 Å². The molecule has 30 heavy (non-hydrogen) atoms. The smallest absolute Gasteiger partial charge is 0.272 e. The summed E-state index contributed by atoms with van der Waals surface area (Å²) in [4.78, 5) is 42.6. The zero-order valence-electron chi connectivity index (χ0n) is 16.5. The highest BCUT2D eigenvalue weighted by molar-refractivity contribution is 5.97. The number of aromatic nitrogens is 1. The van der Waals surface area contributed by atoms with Gasteiger partial charge in [0.2, 0.25) is 5.91 Å². The minimum absolute atomic E-state index is 0.0658.